The van der Waals surface area contributed by atoms with E-state index in [-0.39, 0.29) is 17.5 Å². The molecule has 2 aromatic rings. The summed E-state index contributed by atoms with van der Waals surface area (Å²) in [6.45, 7) is 0.545. The second-order valence-electron chi connectivity index (χ2n) is 5.41. The van der Waals surface area contributed by atoms with E-state index in [0.29, 0.717) is 30.5 Å². The molecule has 0 radical (unpaired) electrons. The van der Waals surface area contributed by atoms with E-state index in [1.54, 1.807) is 6.07 Å². The molecule has 3 rings (SSSR count). The molecule has 0 saturated heterocycles. The molecule has 5 N–H and O–H groups in total. The van der Waals surface area contributed by atoms with Crippen LogP contribution in [0.2, 0.25) is 0 Å². The van der Waals surface area contributed by atoms with Gasteiger partial charge >= 0.3 is 0 Å². The fourth-order valence-electron chi connectivity index (χ4n) is 2.85. The fraction of sp³-hybridized carbons (Fsp3) is 0.250. The van der Waals surface area contributed by atoms with Crippen LogP contribution in [-0.4, -0.2) is 27.0 Å². The Hall–Kier alpha value is -2.47. The smallest absolute Gasteiger partial charge is 0.194 e. The lowest BCUT2D eigenvalue weighted by Gasteiger charge is -2.28. The highest BCUT2D eigenvalue weighted by Crippen LogP contribution is 2.38. The molecule has 0 saturated carbocycles. The number of nitrogens with one attached hydrogen (secondary N) is 1. The Bertz CT molecular complexity index is 733. The van der Waals surface area contributed by atoms with Gasteiger partial charge in [-0.3, -0.25) is 0 Å². The molecule has 1 unspecified atom stereocenters. The molecule has 116 valence electrons. The summed E-state index contributed by atoms with van der Waals surface area (Å²) in [5.41, 5.74) is 1.74. The van der Waals surface area contributed by atoms with Crippen LogP contribution in [0.15, 0.2) is 24.3 Å². The highest BCUT2D eigenvalue weighted by Gasteiger charge is 2.26. The van der Waals surface area contributed by atoms with Crippen molar-refractivity contribution in [1.29, 1.82) is 0 Å². The molecule has 0 spiro atoms. The highest BCUT2D eigenvalue weighted by atomic mass is 19.1. The number of benzene rings is 2. The van der Waals surface area contributed by atoms with Crippen molar-refractivity contribution < 1.29 is 24.8 Å². The fourth-order valence-corrected chi connectivity index (χ4v) is 2.85. The summed E-state index contributed by atoms with van der Waals surface area (Å²) < 4.78 is 14.1. The second kappa shape index (κ2) is 5.38. The molecule has 1 atom stereocenters. The summed E-state index contributed by atoms with van der Waals surface area (Å²) in [4.78, 5) is 0. The van der Waals surface area contributed by atoms with Crippen LogP contribution in [0.4, 0.5) is 4.39 Å². The van der Waals surface area contributed by atoms with Crippen molar-refractivity contribution >= 4 is 0 Å². The number of hydrogen-bond acceptors (Lipinski definition) is 5. The van der Waals surface area contributed by atoms with E-state index < -0.39 is 17.3 Å². The van der Waals surface area contributed by atoms with Crippen LogP contribution in [-0.2, 0) is 12.8 Å². The van der Waals surface area contributed by atoms with Gasteiger partial charge in [0.05, 0.1) is 0 Å². The normalized spacial score (nSPS) is 17.2. The molecule has 1 aliphatic heterocycles. The maximum absolute atomic E-state index is 14.1. The summed E-state index contributed by atoms with van der Waals surface area (Å²) in [5, 5.41) is 41.2. The minimum atomic E-state index is -0.782. The first-order valence-corrected chi connectivity index (χ1v) is 6.95. The SMILES string of the molecule is Oc1ccc(CC2NCCc3c2cc(O)c(O)c3F)cc1O. The van der Waals surface area contributed by atoms with Crippen LogP contribution in [0.1, 0.15) is 22.7 Å². The molecule has 5 nitrogen and oxygen atoms in total. The summed E-state index contributed by atoms with van der Waals surface area (Å²) in [6.07, 6.45) is 0.872. The molecule has 22 heavy (non-hydrogen) atoms. The third-order valence-corrected chi connectivity index (χ3v) is 3.98. The maximum Gasteiger partial charge on any atom is 0.194 e. The number of fused-ring (bicyclic) bond motifs is 1. The Morgan fingerprint density at radius 2 is 1.82 bits per heavy atom. The zero-order valence-electron chi connectivity index (χ0n) is 11.7. The first kappa shape index (κ1) is 14.5. The van der Waals surface area contributed by atoms with E-state index in [9.17, 15) is 24.8 Å². The van der Waals surface area contributed by atoms with Gasteiger partial charge < -0.3 is 25.7 Å². The predicted octanol–water partition coefficient (Wildman–Crippen LogP) is 2.08. The van der Waals surface area contributed by atoms with Gasteiger partial charge in [0.1, 0.15) is 0 Å². The van der Waals surface area contributed by atoms with E-state index >= 15 is 0 Å². The minimum absolute atomic E-state index is 0.200. The molecule has 0 aromatic heterocycles. The quantitative estimate of drug-likeness (QED) is 0.548. The van der Waals surface area contributed by atoms with Crippen LogP contribution in [0.3, 0.4) is 0 Å². The van der Waals surface area contributed by atoms with Crippen molar-refractivity contribution in [2.75, 3.05) is 6.54 Å². The third-order valence-electron chi connectivity index (χ3n) is 3.98. The molecule has 1 heterocycles. The lowest BCUT2D eigenvalue weighted by Crippen LogP contribution is -2.31. The van der Waals surface area contributed by atoms with Crippen molar-refractivity contribution in [2.24, 2.45) is 0 Å². The first-order valence-electron chi connectivity index (χ1n) is 6.95. The van der Waals surface area contributed by atoms with Gasteiger partial charge in [0, 0.05) is 6.04 Å². The zero-order chi connectivity index (χ0) is 15.9. The van der Waals surface area contributed by atoms with Crippen molar-refractivity contribution in [2.45, 2.75) is 18.9 Å². The Kier molecular flexibility index (Phi) is 3.54. The van der Waals surface area contributed by atoms with Gasteiger partial charge in [-0.25, -0.2) is 4.39 Å². The first-order chi connectivity index (χ1) is 10.5. The third kappa shape index (κ3) is 2.42. The topological polar surface area (TPSA) is 93.0 Å². The second-order valence-corrected chi connectivity index (χ2v) is 5.41. The van der Waals surface area contributed by atoms with E-state index in [0.717, 1.165) is 5.56 Å². The van der Waals surface area contributed by atoms with Crippen molar-refractivity contribution in [3.05, 3.63) is 46.8 Å². The molecular formula is C16H16FNO4. The number of phenols is 4. The molecule has 6 heteroatoms. The van der Waals surface area contributed by atoms with Crippen LogP contribution in [0.25, 0.3) is 0 Å². The standard InChI is InChI=1S/C16H16FNO4/c17-15-9-3-4-18-11(10(9)7-14(21)16(15)22)5-8-1-2-12(19)13(20)6-8/h1-2,6-7,11,18-22H,3-5H2. The van der Waals surface area contributed by atoms with Gasteiger partial charge in [-0.1, -0.05) is 6.07 Å². The predicted molar refractivity (Wildman–Crippen MR) is 77.7 cm³/mol. The van der Waals surface area contributed by atoms with Gasteiger partial charge in [-0.15, -0.1) is 0 Å². The molecule has 0 bridgehead atoms. The van der Waals surface area contributed by atoms with E-state index in [4.69, 9.17) is 0 Å². The molecular weight excluding hydrogens is 289 g/mol. The molecule has 0 amide bonds. The van der Waals surface area contributed by atoms with Crippen molar-refractivity contribution in [3.8, 4) is 23.0 Å². The number of hydrogen-bond donors (Lipinski definition) is 5. The van der Waals surface area contributed by atoms with Gasteiger partial charge in [0.2, 0.25) is 0 Å². The van der Waals surface area contributed by atoms with Gasteiger partial charge in [-0.05, 0) is 54.3 Å². The highest BCUT2D eigenvalue weighted by molar-refractivity contribution is 5.50. The number of aromatic hydroxyl groups is 4. The van der Waals surface area contributed by atoms with Gasteiger partial charge in [0.15, 0.2) is 28.8 Å². The monoisotopic (exact) mass is 305 g/mol. The number of halogens is 1. The Balaban J connectivity index is 1.96. The molecule has 0 fully saturated rings. The zero-order valence-corrected chi connectivity index (χ0v) is 11.7. The average Bonchev–Trinajstić information content (AvgIpc) is 2.50. The maximum atomic E-state index is 14.1. The largest absolute Gasteiger partial charge is 0.504 e. The van der Waals surface area contributed by atoms with Crippen LogP contribution >= 0.6 is 0 Å². The van der Waals surface area contributed by atoms with Gasteiger partial charge in [-0.2, -0.15) is 0 Å². The summed E-state index contributed by atoms with van der Waals surface area (Å²) in [5.74, 6) is -2.40. The molecule has 0 aliphatic carbocycles. The van der Waals surface area contributed by atoms with Gasteiger partial charge in [0.25, 0.3) is 0 Å². The van der Waals surface area contributed by atoms with E-state index in [1.165, 1.54) is 18.2 Å². The molecule has 2 aromatic carbocycles. The summed E-state index contributed by atoms with van der Waals surface area (Å²) >= 11 is 0. The van der Waals surface area contributed by atoms with E-state index in [2.05, 4.69) is 5.32 Å². The Labute approximate surface area is 126 Å². The average molecular weight is 305 g/mol. The Morgan fingerprint density at radius 1 is 1.05 bits per heavy atom. The van der Waals surface area contributed by atoms with Crippen LogP contribution in [0.5, 0.6) is 23.0 Å². The van der Waals surface area contributed by atoms with Crippen LogP contribution in [0, 0.1) is 5.82 Å². The van der Waals surface area contributed by atoms with Crippen LogP contribution < -0.4 is 5.32 Å². The summed E-state index contributed by atoms with van der Waals surface area (Å²) in [6, 6.07) is 5.62. The lowest BCUT2D eigenvalue weighted by atomic mass is 9.89. The van der Waals surface area contributed by atoms with Crippen molar-refractivity contribution in [1.82, 2.24) is 5.32 Å². The minimum Gasteiger partial charge on any atom is -0.504 e. The lowest BCUT2D eigenvalue weighted by molar-refractivity contribution is 0.369. The number of rotatable bonds is 2. The summed E-state index contributed by atoms with van der Waals surface area (Å²) in [7, 11) is 0. The Morgan fingerprint density at radius 3 is 2.55 bits per heavy atom. The van der Waals surface area contributed by atoms with E-state index in [1.807, 2.05) is 0 Å². The van der Waals surface area contributed by atoms with Crippen molar-refractivity contribution in [3.63, 3.8) is 0 Å². The number of phenolic OH excluding ortho intramolecular Hbond substituents is 4. The molecule has 1 aliphatic rings.